The Morgan fingerprint density at radius 1 is 1.10 bits per heavy atom. The Kier molecular flexibility index (Phi) is 5.22. The summed E-state index contributed by atoms with van der Waals surface area (Å²) in [6, 6.07) is 11.4. The maximum Gasteiger partial charge on any atom is 0.175 e. The molecule has 5 heteroatoms. The van der Waals surface area contributed by atoms with E-state index in [2.05, 4.69) is 15.9 Å². The lowest BCUT2D eigenvalue weighted by Gasteiger charge is -2.15. The van der Waals surface area contributed by atoms with Gasteiger partial charge in [0.05, 0.1) is 24.3 Å². The van der Waals surface area contributed by atoms with E-state index in [0.29, 0.717) is 40.2 Å². The Labute approximate surface area is 131 Å². The topological polar surface area (TPSA) is 44.8 Å². The SMILES string of the molecule is COc1cc(OCc2ccccc2)c(OC)c(Br)c1C=O. The minimum Gasteiger partial charge on any atom is -0.496 e. The third kappa shape index (κ3) is 3.36. The second-order valence-corrected chi connectivity index (χ2v) is 5.02. The molecule has 2 rings (SSSR count). The number of methoxy groups -OCH3 is 2. The highest BCUT2D eigenvalue weighted by molar-refractivity contribution is 9.10. The summed E-state index contributed by atoms with van der Waals surface area (Å²) < 4.78 is 16.8. The fourth-order valence-electron chi connectivity index (χ4n) is 1.91. The summed E-state index contributed by atoms with van der Waals surface area (Å²) in [5.74, 6) is 1.41. The summed E-state index contributed by atoms with van der Waals surface area (Å²) in [5.41, 5.74) is 1.43. The molecule has 0 spiro atoms. The summed E-state index contributed by atoms with van der Waals surface area (Å²) in [7, 11) is 3.03. The average Bonchev–Trinajstić information content (AvgIpc) is 2.53. The Morgan fingerprint density at radius 2 is 1.81 bits per heavy atom. The number of hydrogen-bond acceptors (Lipinski definition) is 4. The molecule has 0 heterocycles. The second-order valence-electron chi connectivity index (χ2n) is 4.23. The highest BCUT2D eigenvalue weighted by Crippen LogP contribution is 2.42. The normalized spacial score (nSPS) is 10.0. The van der Waals surface area contributed by atoms with Crippen molar-refractivity contribution in [3.05, 3.63) is 52.0 Å². The first-order valence-corrected chi connectivity index (χ1v) is 7.07. The fraction of sp³-hybridized carbons (Fsp3) is 0.188. The van der Waals surface area contributed by atoms with Crippen molar-refractivity contribution in [1.29, 1.82) is 0 Å². The minimum atomic E-state index is 0.390. The zero-order valence-electron chi connectivity index (χ0n) is 11.8. The van der Waals surface area contributed by atoms with Gasteiger partial charge in [0.2, 0.25) is 0 Å². The Morgan fingerprint density at radius 3 is 2.38 bits per heavy atom. The molecule has 0 bridgehead atoms. The van der Waals surface area contributed by atoms with Crippen LogP contribution in [-0.4, -0.2) is 20.5 Å². The first kappa shape index (κ1) is 15.4. The minimum absolute atomic E-state index is 0.390. The monoisotopic (exact) mass is 350 g/mol. The Hall–Kier alpha value is -2.01. The van der Waals surface area contributed by atoms with E-state index in [-0.39, 0.29) is 0 Å². The highest BCUT2D eigenvalue weighted by Gasteiger charge is 2.18. The van der Waals surface area contributed by atoms with Crippen molar-refractivity contribution in [3.63, 3.8) is 0 Å². The lowest BCUT2D eigenvalue weighted by molar-refractivity contribution is 0.111. The molecular weight excluding hydrogens is 336 g/mol. The van der Waals surface area contributed by atoms with Gasteiger partial charge in [-0.15, -0.1) is 0 Å². The van der Waals surface area contributed by atoms with Crippen LogP contribution in [0.5, 0.6) is 17.2 Å². The molecule has 110 valence electrons. The summed E-state index contributed by atoms with van der Waals surface area (Å²) in [5, 5.41) is 0. The summed E-state index contributed by atoms with van der Waals surface area (Å²) >= 11 is 3.35. The van der Waals surface area contributed by atoms with Crippen LogP contribution in [0.1, 0.15) is 15.9 Å². The van der Waals surface area contributed by atoms with Crippen molar-refractivity contribution in [1.82, 2.24) is 0 Å². The molecule has 0 aliphatic carbocycles. The van der Waals surface area contributed by atoms with Crippen molar-refractivity contribution in [2.75, 3.05) is 14.2 Å². The molecule has 0 fully saturated rings. The smallest absolute Gasteiger partial charge is 0.175 e. The summed E-state index contributed by atoms with van der Waals surface area (Å²) in [4.78, 5) is 11.2. The Bertz CT molecular complexity index is 626. The molecular formula is C16H15BrO4. The van der Waals surface area contributed by atoms with Gasteiger partial charge in [0.15, 0.2) is 17.8 Å². The first-order chi connectivity index (χ1) is 10.2. The molecule has 0 aliphatic heterocycles. The molecule has 4 nitrogen and oxygen atoms in total. The van der Waals surface area contributed by atoms with E-state index in [4.69, 9.17) is 14.2 Å². The van der Waals surface area contributed by atoms with Crippen LogP contribution >= 0.6 is 15.9 Å². The average molecular weight is 351 g/mol. The molecule has 0 N–H and O–H groups in total. The molecule has 2 aromatic carbocycles. The number of carbonyl (C=O) groups is 1. The quantitative estimate of drug-likeness (QED) is 0.742. The summed E-state index contributed by atoms with van der Waals surface area (Å²) in [6.45, 7) is 0.396. The number of benzene rings is 2. The van der Waals surface area contributed by atoms with E-state index in [0.717, 1.165) is 5.56 Å². The molecule has 0 radical (unpaired) electrons. The molecule has 0 amide bonds. The van der Waals surface area contributed by atoms with Gasteiger partial charge in [0, 0.05) is 6.07 Å². The largest absolute Gasteiger partial charge is 0.496 e. The van der Waals surface area contributed by atoms with E-state index in [1.165, 1.54) is 14.2 Å². The van der Waals surface area contributed by atoms with E-state index >= 15 is 0 Å². The van der Waals surface area contributed by atoms with Gasteiger partial charge in [-0.05, 0) is 21.5 Å². The molecule has 0 aromatic heterocycles. The lowest BCUT2D eigenvalue weighted by Crippen LogP contribution is -2.01. The van der Waals surface area contributed by atoms with Gasteiger partial charge in [0.1, 0.15) is 12.4 Å². The van der Waals surface area contributed by atoms with Crippen LogP contribution < -0.4 is 14.2 Å². The number of halogens is 1. The third-order valence-electron chi connectivity index (χ3n) is 2.97. The van der Waals surface area contributed by atoms with Crippen LogP contribution in [0.15, 0.2) is 40.9 Å². The number of carbonyl (C=O) groups excluding carboxylic acids is 1. The molecule has 2 aromatic rings. The van der Waals surface area contributed by atoms with Gasteiger partial charge in [-0.2, -0.15) is 0 Å². The molecule has 0 saturated heterocycles. The van der Waals surface area contributed by atoms with E-state index in [1.54, 1.807) is 6.07 Å². The van der Waals surface area contributed by atoms with Gasteiger partial charge in [-0.3, -0.25) is 4.79 Å². The lowest BCUT2D eigenvalue weighted by atomic mass is 10.2. The van der Waals surface area contributed by atoms with E-state index in [1.807, 2.05) is 30.3 Å². The second kappa shape index (κ2) is 7.13. The van der Waals surface area contributed by atoms with Crippen LogP contribution in [0, 0.1) is 0 Å². The zero-order chi connectivity index (χ0) is 15.2. The predicted molar refractivity (Wildman–Crippen MR) is 83.4 cm³/mol. The van der Waals surface area contributed by atoms with Crippen molar-refractivity contribution in [3.8, 4) is 17.2 Å². The molecule has 21 heavy (non-hydrogen) atoms. The van der Waals surface area contributed by atoms with Crippen LogP contribution in [0.3, 0.4) is 0 Å². The van der Waals surface area contributed by atoms with Crippen LogP contribution in [0.4, 0.5) is 0 Å². The van der Waals surface area contributed by atoms with Crippen molar-refractivity contribution in [2.24, 2.45) is 0 Å². The first-order valence-electron chi connectivity index (χ1n) is 6.27. The van der Waals surface area contributed by atoms with Crippen LogP contribution in [0.25, 0.3) is 0 Å². The molecule has 0 unspecified atom stereocenters. The molecule has 0 atom stereocenters. The summed E-state index contributed by atoms with van der Waals surface area (Å²) in [6.07, 6.45) is 0.715. The zero-order valence-corrected chi connectivity index (χ0v) is 13.3. The number of hydrogen-bond donors (Lipinski definition) is 0. The van der Waals surface area contributed by atoms with Gasteiger partial charge in [-0.1, -0.05) is 30.3 Å². The highest BCUT2D eigenvalue weighted by atomic mass is 79.9. The molecule has 0 saturated carbocycles. The van der Waals surface area contributed by atoms with Gasteiger partial charge < -0.3 is 14.2 Å². The van der Waals surface area contributed by atoms with Gasteiger partial charge in [-0.25, -0.2) is 0 Å². The van der Waals surface area contributed by atoms with E-state index < -0.39 is 0 Å². The molecule has 0 aliphatic rings. The third-order valence-corrected chi connectivity index (χ3v) is 3.75. The van der Waals surface area contributed by atoms with Crippen molar-refractivity contribution >= 4 is 22.2 Å². The fourth-order valence-corrected chi connectivity index (χ4v) is 2.56. The number of rotatable bonds is 6. The van der Waals surface area contributed by atoms with Gasteiger partial charge in [0.25, 0.3) is 0 Å². The van der Waals surface area contributed by atoms with E-state index in [9.17, 15) is 4.79 Å². The maximum atomic E-state index is 11.2. The number of ether oxygens (including phenoxy) is 3. The predicted octanol–water partition coefficient (Wildman–Crippen LogP) is 3.86. The van der Waals surface area contributed by atoms with Gasteiger partial charge >= 0.3 is 0 Å². The Balaban J connectivity index is 2.34. The maximum absolute atomic E-state index is 11.2. The van der Waals surface area contributed by atoms with Crippen LogP contribution in [-0.2, 0) is 6.61 Å². The van der Waals surface area contributed by atoms with Crippen molar-refractivity contribution < 1.29 is 19.0 Å². The van der Waals surface area contributed by atoms with Crippen molar-refractivity contribution in [2.45, 2.75) is 6.61 Å². The van der Waals surface area contributed by atoms with Crippen LogP contribution in [0.2, 0.25) is 0 Å². The standard InChI is InChI=1S/C16H15BrO4/c1-19-13-8-14(16(20-2)15(17)12(13)9-18)21-10-11-6-4-3-5-7-11/h3-9H,10H2,1-2H3. The number of aldehydes is 1.